The van der Waals surface area contributed by atoms with Gasteiger partial charge < -0.3 is 15.2 Å². The molecule has 2 N–H and O–H groups in total. The molecule has 0 aliphatic rings. The molecule has 0 aliphatic heterocycles. The van der Waals surface area contributed by atoms with Gasteiger partial charge in [-0.3, -0.25) is 4.79 Å². The number of anilines is 1. The van der Waals surface area contributed by atoms with E-state index in [1.807, 2.05) is 24.3 Å². The fourth-order valence-electron chi connectivity index (χ4n) is 2.46. The van der Waals surface area contributed by atoms with Crippen molar-refractivity contribution in [2.75, 3.05) is 17.7 Å². The van der Waals surface area contributed by atoms with E-state index in [0.29, 0.717) is 18.8 Å². The zero-order valence-electron chi connectivity index (χ0n) is 15.8. The number of benzene rings is 2. The number of thioether (sulfide) groups is 1. The first kappa shape index (κ1) is 22.7. The normalized spacial score (nSPS) is 10.7. The number of rotatable bonds is 11. The first-order valence-corrected chi connectivity index (χ1v) is 11.1. The van der Waals surface area contributed by atoms with E-state index in [9.17, 15) is 9.90 Å². The molecule has 4 nitrogen and oxygen atoms in total. The molecule has 2 aromatic carbocycles. The molecule has 2 aromatic rings. The summed E-state index contributed by atoms with van der Waals surface area (Å²) < 4.78 is 5.70. The lowest BCUT2D eigenvalue weighted by molar-refractivity contribution is -0.115. The second-order valence-corrected chi connectivity index (χ2v) is 8.30. The Morgan fingerprint density at radius 1 is 1.11 bits per heavy atom. The first-order chi connectivity index (χ1) is 13.5. The maximum absolute atomic E-state index is 12.1. The molecule has 0 spiro atoms. The average Bonchev–Trinajstić information content (AvgIpc) is 2.67. The zero-order valence-corrected chi connectivity index (χ0v) is 18.2. The maximum atomic E-state index is 12.1. The third kappa shape index (κ3) is 7.82. The van der Waals surface area contributed by atoms with Crippen molar-refractivity contribution in [1.29, 1.82) is 0 Å². The number of aromatic hydroxyl groups is 1. The highest BCUT2D eigenvalue weighted by Crippen LogP contribution is 2.36. The van der Waals surface area contributed by atoms with Crippen LogP contribution in [-0.2, 0) is 4.79 Å². The van der Waals surface area contributed by atoms with E-state index < -0.39 is 0 Å². The van der Waals surface area contributed by atoms with Crippen LogP contribution in [0, 0.1) is 0 Å². The van der Waals surface area contributed by atoms with Crippen LogP contribution in [0.4, 0.5) is 5.69 Å². The van der Waals surface area contributed by atoms with Gasteiger partial charge in [-0.1, -0.05) is 49.4 Å². The van der Waals surface area contributed by atoms with Gasteiger partial charge in [0, 0.05) is 22.8 Å². The van der Waals surface area contributed by atoms with Gasteiger partial charge in [0.15, 0.2) is 5.75 Å². The van der Waals surface area contributed by atoms with Crippen LogP contribution in [0.2, 0.25) is 10.0 Å². The van der Waals surface area contributed by atoms with Gasteiger partial charge in [-0.2, -0.15) is 0 Å². The molecule has 152 valence electrons. The summed E-state index contributed by atoms with van der Waals surface area (Å²) in [4.78, 5) is 12.9. The molecule has 0 saturated heterocycles. The molecule has 0 heterocycles. The van der Waals surface area contributed by atoms with Crippen LogP contribution in [0.1, 0.15) is 39.0 Å². The number of halogens is 2. The minimum Gasteiger partial charge on any atom is -0.505 e. The van der Waals surface area contributed by atoms with Gasteiger partial charge in [0.1, 0.15) is 5.75 Å². The van der Waals surface area contributed by atoms with Gasteiger partial charge in [-0.15, -0.1) is 11.8 Å². The highest BCUT2D eigenvalue weighted by atomic mass is 35.5. The highest BCUT2D eigenvalue weighted by molar-refractivity contribution is 7.99. The zero-order chi connectivity index (χ0) is 20.4. The van der Waals surface area contributed by atoms with Gasteiger partial charge in [0.25, 0.3) is 0 Å². The Morgan fingerprint density at radius 2 is 1.79 bits per heavy atom. The monoisotopic (exact) mass is 441 g/mol. The summed E-state index contributed by atoms with van der Waals surface area (Å²) in [5.41, 5.74) is 0.740. The minimum absolute atomic E-state index is 0.0725. The summed E-state index contributed by atoms with van der Waals surface area (Å²) >= 11 is 13.2. The fourth-order valence-corrected chi connectivity index (χ4v) is 4.01. The quantitative estimate of drug-likeness (QED) is 0.298. The Kier molecular flexibility index (Phi) is 9.82. The maximum Gasteiger partial charge on any atom is 0.225 e. The number of nitrogens with one attached hydrogen (secondary N) is 1. The van der Waals surface area contributed by atoms with E-state index in [1.165, 1.54) is 31.0 Å². The SMILES string of the molecule is CCCCCCOc1ccc(NC(=O)CCSc2cc(Cl)c(O)c(Cl)c2)cc1. The number of hydrogen-bond donors (Lipinski definition) is 2. The van der Waals surface area contributed by atoms with Crippen molar-refractivity contribution in [1.82, 2.24) is 0 Å². The van der Waals surface area contributed by atoms with Crippen molar-refractivity contribution < 1.29 is 14.6 Å². The predicted molar refractivity (Wildman–Crippen MR) is 118 cm³/mol. The van der Waals surface area contributed by atoms with E-state index in [0.717, 1.165) is 22.8 Å². The molecule has 0 fully saturated rings. The summed E-state index contributed by atoms with van der Waals surface area (Å²) in [6.45, 7) is 2.90. The smallest absolute Gasteiger partial charge is 0.225 e. The van der Waals surface area contributed by atoms with E-state index in [1.54, 1.807) is 12.1 Å². The summed E-state index contributed by atoms with van der Waals surface area (Å²) in [6.07, 6.45) is 5.03. The molecule has 2 rings (SSSR count). The Hall–Kier alpha value is -1.56. The van der Waals surface area contributed by atoms with Crippen LogP contribution >= 0.6 is 35.0 Å². The molecule has 0 saturated carbocycles. The van der Waals surface area contributed by atoms with E-state index >= 15 is 0 Å². The minimum atomic E-state index is -0.126. The predicted octanol–water partition coefficient (Wildman–Crippen LogP) is 6.78. The third-order valence-corrected chi connectivity index (χ3v) is 5.55. The summed E-state index contributed by atoms with van der Waals surface area (Å²) in [7, 11) is 0. The molecular weight excluding hydrogens is 417 g/mol. The van der Waals surface area contributed by atoms with Crippen LogP contribution in [0.5, 0.6) is 11.5 Å². The van der Waals surface area contributed by atoms with Crippen molar-refractivity contribution >= 4 is 46.6 Å². The Balaban J connectivity index is 1.71. The van der Waals surface area contributed by atoms with Crippen molar-refractivity contribution in [3.05, 3.63) is 46.4 Å². The molecule has 0 unspecified atom stereocenters. The van der Waals surface area contributed by atoms with Crippen molar-refractivity contribution in [3.8, 4) is 11.5 Å². The second-order valence-electron chi connectivity index (χ2n) is 6.32. The summed E-state index contributed by atoms with van der Waals surface area (Å²) in [5.74, 6) is 1.18. The molecule has 0 radical (unpaired) electrons. The number of amides is 1. The molecule has 0 aliphatic carbocycles. The van der Waals surface area contributed by atoms with Crippen molar-refractivity contribution in [2.45, 2.75) is 43.9 Å². The van der Waals surface area contributed by atoms with Crippen LogP contribution in [0.3, 0.4) is 0 Å². The lowest BCUT2D eigenvalue weighted by atomic mass is 10.2. The second kappa shape index (κ2) is 12.1. The number of unbranched alkanes of at least 4 members (excludes halogenated alkanes) is 3. The van der Waals surface area contributed by atoms with E-state index in [2.05, 4.69) is 12.2 Å². The molecule has 0 aromatic heterocycles. The molecule has 1 amide bonds. The lowest BCUT2D eigenvalue weighted by Crippen LogP contribution is -2.12. The molecule has 7 heteroatoms. The van der Waals surface area contributed by atoms with Gasteiger partial charge in [0.2, 0.25) is 5.91 Å². The number of ether oxygens (including phenoxy) is 1. The Morgan fingerprint density at radius 3 is 2.43 bits per heavy atom. The van der Waals surface area contributed by atoms with Gasteiger partial charge in [-0.25, -0.2) is 0 Å². The molecular formula is C21H25Cl2NO3S. The molecule has 0 atom stereocenters. The van der Waals surface area contributed by atoms with Crippen molar-refractivity contribution in [3.63, 3.8) is 0 Å². The number of phenols is 1. The highest BCUT2D eigenvalue weighted by Gasteiger charge is 2.08. The fraction of sp³-hybridized carbons (Fsp3) is 0.381. The van der Waals surface area contributed by atoms with E-state index in [4.69, 9.17) is 27.9 Å². The van der Waals surface area contributed by atoms with Gasteiger partial charge in [-0.05, 0) is 42.8 Å². The van der Waals surface area contributed by atoms with Gasteiger partial charge in [0.05, 0.1) is 16.7 Å². The van der Waals surface area contributed by atoms with E-state index in [-0.39, 0.29) is 21.7 Å². The number of phenolic OH excluding ortho intramolecular Hbond substituents is 1. The Bertz CT molecular complexity index is 746. The number of hydrogen-bond acceptors (Lipinski definition) is 4. The lowest BCUT2D eigenvalue weighted by Gasteiger charge is -2.09. The van der Waals surface area contributed by atoms with Crippen LogP contribution < -0.4 is 10.1 Å². The average molecular weight is 442 g/mol. The summed E-state index contributed by atoms with van der Waals surface area (Å²) in [5, 5.41) is 12.8. The number of carbonyl (C=O) groups is 1. The molecule has 0 bridgehead atoms. The first-order valence-electron chi connectivity index (χ1n) is 9.33. The summed E-state index contributed by atoms with van der Waals surface area (Å²) in [6, 6.07) is 10.7. The van der Waals surface area contributed by atoms with Crippen molar-refractivity contribution in [2.24, 2.45) is 0 Å². The van der Waals surface area contributed by atoms with Crippen LogP contribution in [0.15, 0.2) is 41.3 Å². The van der Waals surface area contributed by atoms with Crippen LogP contribution in [0.25, 0.3) is 0 Å². The molecule has 28 heavy (non-hydrogen) atoms. The third-order valence-electron chi connectivity index (χ3n) is 3.99. The topological polar surface area (TPSA) is 58.6 Å². The standard InChI is InChI=1S/C21H25Cl2NO3S/c1-2-3-4-5-11-27-16-8-6-15(7-9-16)24-20(25)10-12-28-17-13-18(22)21(26)19(23)14-17/h6-9,13-14,26H,2-5,10-12H2,1H3,(H,24,25). The van der Waals surface area contributed by atoms with Gasteiger partial charge >= 0.3 is 0 Å². The largest absolute Gasteiger partial charge is 0.505 e. The number of carbonyl (C=O) groups excluding carboxylic acids is 1. The van der Waals surface area contributed by atoms with Crippen LogP contribution in [-0.4, -0.2) is 23.4 Å². The Labute approximate surface area is 180 Å².